The van der Waals surface area contributed by atoms with Crippen LogP contribution in [-0.2, 0) is 17.6 Å². The van der Waals surface area contributed by atoms with Crippen molar-refractivity contribution in [2.75, 3.05) is 5.32 Å². The Bertz CT molecular complexity index is 904. The summed E-state index contributed by atoms with van der Waals surface area (Å²) in [7, 11) is 0. The molecule has 1 aliphatic carbocycles. The van der Waals surface area contributed by atoms with E-state index in [9.17, 15) is 4.79 Å². The Hall–Kier alpha value is -3.08. The van der Waals surface area contributed by atoms with Crippen LogP contribution in [-0.4, -0.2) is 21.8 Å². The molecule has 0 fully saturated rings. The number of aryl methyl sites for hydroxylation is 1. The third kappa shape index (κ3) is 3.20. The molecule has 1 atom stereocenters. The van der Waals surface area contributed by atoms with E-state index in [1.165, 1.54) is 0 Å². The Morgan fingerprint density at radius 2 is 1.77 bits per heavy atom. The van der Waals surface area contributed by atoms with E-state index in [1.54, 1.807) is 6.92 Å². The van der Waals surface area contributed by atoms with Crippen molar-refractivity contribution >= 4 is 11.7 Å². The van der Waals surface area contributed by atoms with Crippen LogP contribution in [0.25, 0.3) is 5.69 Å². The predicted octanol–water partition coefficient (Wildman–Crippen LogP) is 3.77. The van der Waals surface area contributed by atoms with Gasteiger partial charge in [0.1, 0.15) is 11.6 Å². The van der Waals surface area contributed by atoms with Gasteiger partial charge in [-0.2, -0.15) is 5.10 Å². The molecule has 0 aliphatic heterocycles. The zero-order chi connectivity index (χ0) is 17.9. The number of amides is 1. The van der Waals surface area contributed by atoms with E-state index in [1.807, 2.05) is 65.3 Å². The van der Waals surface area contributed by atoms with Gasteiger partial charge in [0.2, 0.25) is 0 Å². The number of nitrogens with zero attached hydrogens (tertiary/aromatic N) is 2. The average Bonchev–Trinajstić information content (AvgIpc) is 3.26. The van der Waals surface area contributed by atoms with Gasteiger partial charge in [0.15, 0.2) is 6.10 Å². The Balaban J connectivity index is 1.58. The number of rotatable bonds is 5. The molecular formula is C21H21N3O2. The van der Waals surface area contributed by atoms with E-state index in [2.05, 4.69) is 5.32 Å². The predicted molar refractivity (Wildman–Crippen MR) is 101 cm³/mol. The van der Waals surface area contributed by atoms with Crippen LogP contribution in [0.3, 0.4) is 0 Å². The van der Waals surface area contributed by atoms with Crippen LogP contribution < -0.4 is 10.1 Å². The molecule has 1 N–H and O–H groups in total. The lowest BCUT2D eigenvalue weighted by Crippen LogP contribution is -2.31. The highest BCUT2D eigenvalue weighted by Crippen LogP contribution is 2.31. The van der Waals surface area contributed by atoms with Crippen LogP contribution >= 0.6 is 0 Å². The van der Waals surface area contributed by atoms with Gasteiger partial charge in [-0.1, -0.05) is 36.4 Å². The zero-order valence-corrected chi connectivity index (χ0v) is 14.7. The number of benzene rings is 2. The van der Waals surface area contributed by atoms with Gasteiger partial charge in [-0.05, 0) is 50.5 Å². The normalized spacial score (nSPS) is 13.9. The molecule has 1 aliphatic rings. The molecule has 0 radical (unpaired) electrons. The molecule has 0 saturated heterocycles. The summed E-state index contributed by atoms with van der Waals surface area (Å²) >= 11 is 0. The van der Waals surface area contributed by atoms with Crippen molar-refractivity contribution in [1.82, 2.24) is 9.78 Å². The first-order valence-electron chi connectivity index (χ1n) is 8.91. The summed E-state index contributed by atoms with van der Waals surface area (Å²) in [6.45, 7) is 1.76. The summed E-state index contributed by atoms with van der Waals surface area (Å²) in [4.78, 5) is 12.7. The molecule has 4 rings (SSSR count). The van der Waals surface area contributed by atoms with Crippen molar-refractivity contribution in [2.45, 2.75) is 32.3 Å². The molecule has 132 valence electrons. The highest BCUT2D eigenvalue weighted by molar-refractivity contribution is 5.94. The first-order valence-corrected chi connectivity index (χ1v) is 8.91. The Kier molecular flexibility index (Phi) is 4.44. The van der Waals surface area contributed by atoms with Crippen LogP contribution in [0.1, 0.15) is 24.6 Å². The maximum Gasteiger partial charge on any atom is 0.266 e. The van der Waals surface area contributed by atoms with Crippen molar-refractivity contribution in [3.8, 4) is 11.4 Å². The van der Waals surface area contributed by atoms with E-state index in [4.69, 9.17) is 9.84 Å². The van der Waals surface area contributed by atoms with Gasteiger partial charge >= 0.3 is 0 Å². The quantitative estimate of drug-likeness (QED) is 0.764. The van der Waals surface area contributed by atoms with Crippen molar-refractivity contribution in [3.05, 3.63) is 71.9 Å². The number of ether oxygens (including phenoxy) is 1. The van der Waals surface area contributed by atoms with E-state index in [0.29, 0.717) is 5.75 Å². The van der Waals surface area contributed by atoms with Crippen LogP contribution in [0.2, 0.25) is 0 Å². The van der Waals surface area contributed by atoms with Gasteiger partial charge in [0, 0.05) is 5.56 Å². The summed E-state index contributed by atoms with van der Waals surface area (Å²) < 4.78 is 7.58. The molecule has 5 heteroatoms. The number of para-hydroxylation sites is 2. The summed E-state index contributed by atoms with van der Waals surface area (Å²) in [5, 5.41) is 7.76. The van der Waals surface area contributed by atoms with Gasteiger partial charge in [-0.25, -0.2) is 4.68 Å². The van der Waals surface area contributed by atoms with E-state index in [-0.39, 0.29) is 5.91 Å². The summed E-state index contributed by atoms with van der Waals surface area (Å²) in [6, 6.07) is 19.3. The minimum absolute atomic E-state index is 0.180. The van der Waals surface area contributed by atoms with Gasteiger partial charge in [0.05, 0.1) is 11.4 Å². The maximum absolute atomic E-state index is 12.7. The average molecular weight is 347 g/mol. The summed E-state index contributed by atoms with van der Waals surface area (Å²) in [5.74, 6) is 1.26. The first-order chi connectivity index (χ1) is 12.7. The Labute approximate surface area is 152 Å². The molecule has 0 spiro atoms. The fourth-order valence-corrected chi connectivity index (χ4v) is 3.25. The largest absolute Gasteiger partial charge is 0.481 e. The fourth-order valence-electron chi connectivity index (χ4n) is 3.25. The van der Waals surface area contributed by atoms with Crippen LogP contribution in [0, 0.1) is 0 Å². The Morgan fingerprint density at radius 3 is 2.50 bits per heavy atom. The van der Waals surface area contributed by atoms with Crippen LogP contribution in [0.15, 0.2) is 60.7 Å². The first kappa shape index (κ1) is 16.4. The smallest absolute Gasteiger partial charge is 0.266 e. The van der Waals surface area contributed by atoms with E-state index >= 15 is 0 Å². The second kappa shape index (κ2) is 7.04. The maximum atomic E-state index is 12.7. The second-order valence-electron chi connectivity index (χ2n) is 6.44. The number of hydrogen-bond donors (Lipinski definition) is 1. The summed E-state index contributed by atoms with van der Waals surface area (Å²) in [5.41, 5.74) is 3.14. The minimum Gasteiger partial charge on any atom is -0.481 e. The molecule has 0 saturated carbocycles. The van der Waals surface area contributed by atoms with E-state index < -0.39 is 6.10 Å². The number of aromatic nitrogens is 2. The number of anilines is 1. The second-order valence-corrected chi connectivity index (χ2v) is 6.44. The van der Waals surface area contributed by atoms with Gasteiger partial charge in [0.25, 0.3) is 5.91 Å². The molecular weight excluding hydrogens is 326 g/mol. The monoisotopic (exact) mass is 347 g/mol. The van der Waals surface area contributed by atoms with Crippen molar-refractivity contribution < 1.29 is 9.53 Å². The third-order valence-corrected chi connectivity index (χ3v) is 4.57. The highest BCUT2D eigenvalue weighted by Gasteiger charge is 2.26. The lowest BCUT2D eigenvalue weighted by Gasteiger charge is -2.16. The van der Waals surface area contributed by atoms with Crippen LogP contribution in [0.4, 0.5) is 5.82 Å². The number of nitrogens with one attached hydrogen (secondary N) is 1. The van der Waals surface area contributed by atoms with Crippen molar-refractivity contribution in [3.63, 3.8) is 0 Å². The lowest BCUT2D eigenvalue weighted by molar-refractivity contribution is -0.122. The molecule has 0 bridgehead atoms. The topological polar surface area (TPSA) is 56.1 Å². The molecule has 26 heavy (non-hydrogen) atoms. The van der Waals surface area contributed by atoms with Crippen LogP contribution in [0.5, 0.6) is 5.75 Å². The third-order valence-electron chi connectivity index (χ3n) is 4.57. The lowest BCUT2D eigenvalue weighted by atomic mass is 10.2. The molecule has 1 aromatic heterocycles. The SMILES string of the molecule is CC(Oc1ccccc1)C(=O)Nc1c2c(nn1-c1ccccc1)CCC2. The zero-order valence-electron chi connectivity index (χ0n) is 14.7. The molecule has 5 nitrogen and oxygen atoms in total. The molecule has 1 heterocycles. The van der Waals surface area contributed by atoms with Crippen molar-refractivity contribution in [1.29, 1.82) is 0 Å². The minimum atomic E-state index is -0.603. The summed E-state index contributed by atoms with van der Waals surface area (Å²) in [6.07, 6.45) is 2.36. The highest BCUT2D eigenvalue weighted by atomic mass is 16.5. The number of fused-ring (bicyclic) bond motifs is 1. The van der Waals surface area contributed by atoms with Gasteiger partial charge in [-0.3, -0.25) is 4.79 Å². The fraction of sp³-hybridized carbons (Fsp3) is 0.238. The standard InChI is InChI=1S/C21H21N3O2/c1-15(26-17-11-6-3-7-12-17)21(25)22-20-18-13-8-14-19(18)23-24(20)16-9-4-2-5-10-16/h2-7,9-12,15H,8,13-14H2,1H3,(H,22,25). The molecule has 1 amide bonds. The van der Waals surface area contributed by atoms with Gasteiger partial charge in [-0.15, -0.1) is 0 Å². The van der Waals surface area contributed by atoms with E-state index in [0.717, 1.165) is 42.0 Å². The molecule has 3 aromatic rings. The molecule has 1 unspecified atom stereocenters. The van der Waals surface area contributed by atoms with Gasteiger partial charge < -0.3 is 10.1 Å². The number of carbonyl (C=O) groups excluding carboxylic acids is 1. The van der Waals surface area contributed by atoms with Crippen molar-refractivity contribution in [2.24, 2.45) is 0 Å². The number of hydrogen-bond acceptors (Lipinski definition) is 3. The molecule has 2 aromatic carbocycles. The Morgan fingerprint density at radius 1 is 1.08 bits per heavy atom. The number of carbonyl (C=O) groups is 1.